The Morgan fingerprint density at radius 2 is 2.17 bits per heavy atom. The molecule has 0 bridgehead atoms. The average molecular weight is 249 g/mol. The Bertz CT molecular complexity index is 564. The molecule has 0 radical (unpaired) electrons. The molecule has 0 spiro atoms. The number of aromatic nitrogens is 4. The number of aryl methyl sites for hydroxylation is 1. The van der Waals surface area contributed by atoms with Gasteiger partial charge in [-0.2, -0.15) is 0 Å². The number of anilines is 1. The zero-order chi connectivity index (χ0) is 13.3. The van der Waals surface area contributed by atoms with Crippen molar-refractivity contribution in [2.75, 3.05) is 5.73 Å². The van der Waals surface area contributed by atoms with E-state index in [-0.39, 0.29) is 11.9 Å². The van der Waals surface area contributed by atoms with Crippen LogP contribution >= 0.6 is 0 Å². The summed E-state index contributed by atoms with van der Waals surface area (Å²) in [5.74, 6) is 0.0841. The van der Waals surface area contributed by atoms with Crippen molar-refractivity contribution >= 4 is 5.69 Å². The first-order valence-electron chi connectivity index (χ1n) is 5.88. The summed E-state index contributed by atoms with van der Waals surface area (Å²) in [6.07, 6.45) is 0.862. The second-order valence-corrected chi connectivity index (χ2v) is 4.40. The quantitative estimate of drug-likeness (QED) is 0.848. The molecular weight excluding hydrogens is 233 g/mol. The van der Waals surface area contributed by atoms with Crippen molar-refractivity contribution in [1.82, 2.24) is 20.2 Å². The van der Waals surface area contributed by atoms with E-state index in [1.807, 2.05) is 13.8 Å². The molecule has 1 unspecified atom stereocenters. The highest BCUT2D eigenvalue weighted by Gasteiger charge is 2.18. The summed E-state index contributed by atoms with van der Waals surface area (Å²) in [4.78, 5) is 0. The predicted octanol–water partition coefficient (Wildman–Crippen LogP) is 2.34. The maximum absolute atomic E-state index is 14.1. The summed E-state index contributed by atoms with van der Waals surface area (Å²) in [5.41, 5.74) is 7.09. The van der Waals surface area contributed by atoms with Crippen LogP contribution in [0.4, 0.5) is 10.1 Å². The van der Waals surface area contributed by atoms with E-state index in [0.717, 1.165) is 6.42 Å². The molecule has 1 heterocycles. The Morgan fingerprint density at radius 1 is 1.44 bits per heavy atom. The van der Waals surface area contributed by atoms with Gasteiger partial charge in [0.15, 0.2) is 5.82 Å². The van der Waals surface area contributed by atoms with Gasteiger partial charge in [-0.25, -0.2) is 9.07 Å². The van der Waals surface area contributed by atoms with Crippen LogP contribution in [0, 0.1) is 12.7 Å². The van der Waals surface area contributed by atoms with E-state index in [1.165, 1.54) is 0 Å². The predicted molar refractivity (Wildman–Crippen MR) is 67.4 cm³/mol. The van der Waals surface area contributed by atoms with Gasteiger partial charge < -0.3 is 5.73 Å². The molecule has 2 N–H and O–H groups in total. The topological polar surface area (TPSA) is 69.6 Å². The van der Waals surface area contributed by atoms with Gasteiger partial charge in [0, 0.05) is 5.69 Å². The Balaban J connectivity index is 2.59. The lowest BCUT2D eigenvalue weighted by molar-refractivity contribution is 0.467. The minimum atomic E-state index is -0.330. The van der Waals surface area contributed by atoms with Gasteiger partial charge in [-0.3, -0.25) is 0 Å². The molecular formula is C12H16FN5. The lowest BCUT2D eigenvalue weighted by atomic mass is 10.1. The standard InChI is InChI=1S/C12H16FN5/c1-4-8(3)18-12(15-16-17-18)10-6-9(14)5-7(2)11(10)13/h5-6,8H,4,14H2,1-3H3. The van der Waals surface area contributed by atoms with Crippen molar-refractivity contribution in [3.8, 4) is 11.4 Å². The van der Waals surface area contributed by atoms with Crippen molar-refractivity contribution in [2.45, 2.75) is 33.2 Å². The maximum Gasteiger partial charge on any atom is 0.185 e. The highest BCUT2D eigenvalue weighted by molar-refractivity contribution is 5.63. The van der Waals surface area contributed by atoms with Crippen LogP contribution in [-0.2, 0) is 0 Å². The lowest BCUT2D eigenvalue weighted by Crippen LogP contribution is -2.09. The van der Waals surface area contributed by atoms with E-state index in [0.29, 0.717) is 22.6 Å². The number of benzene rings is 1. The second kappa shape index (κ2) is 4.72. The van der Waals surface area contributed by atoms with E-state index in [2.05, 4.69) is 15.5 Å². The fourth-order valence-corrected chi connectivity index (χ4v) is 1.80. The van der Waals surface area contributed by atoms with Gasteiger partial charge in [-0.15, -0.1) is 5.10 Å². The van der Waals surface area contributed by atoms with Crippen molar-refractivity contribution in [1.29, 1.82) is 0 Å². The van der Waals surface area contributed by atoms with E-state index in [4.69, 9.17) is 5.73 Å². The van der Waals surface area contributed by atoms with Crippen LogP contribution in [0.15, 0.2) is 12.1 Å². The molecule has 2 rings (SSSR count). The molecule has 1 aromatic carbocycles. The molecule has 0 saturated heterocycles. The number of hydrogen-bond donors (Lipinski definition) is 1. The van der Waals surface area contributed by atoms with Crippen LogP contribution in [0.25, 0.3) is 11.4 Å². The number of nitrogen functional groups attached to an aromatic ring is 1. The largest absolute Gasteiger partial charge is 0.399 e. The smallest absolute Gasteiger partial charge is 0.185 e. The number of tetrazole rings is 1. The molecule has 96 valence electrons. The molecule has 0 fully saturated rings. The zero-order valence-electron chi connectivity index (χ0n) is 10.7. The molecule has 0 aliphatic carbocycles. The van der Waals surface area contributed by atoms with E-state index in [9.17, 15) is 4.39 Å². The van der Waals surface area contributed by atoms with Crippen LogP contribution in [0.5, 0.6) is 0 Å². The van der Waals surface area contributed by atoms with E-state index < -0.39 is 0 Å². The Kier molecular flexibility index (Phi) is 3.27. The van der Waals surface area contributed by atoms with Crippen LogP contribution in [-0.4, -0.2) is 20.2 Å². The zero-order valence-corrected chi connectivity index (χ0v) is 10.7. The monoisotopic (exact) mass is 249 g/mol. The summed E-state index contributed by atoms with van der Waals surface area (Å²) in [6, 6.07) is 3.26. The van der Waals surface area contributed by atoms with Gasteiger partial charge in [0.25, 0.3) is 0 Å². The van der Waals surface area contributed by atoms with Crippen molar-refractivity contribution in [3.63, 3.8) is 0 Å². The van der Waals surface area contributed by atoms with Crippen LogP contribution < -0.4 is 5.73 Å². The molecule has 1 aromatic heterocycles. The summed E-state index contributed by atoms with van der Waals surface area (Å²) in [5, 5.41) is 11.4. The number of nitrogens with zero attached hydrogens (tertiary/aromatic N) is 4. The maximum atomic E-state index is 14.1. The first-order chi connectivity index (χ1) is 8.54. The van der Waals surface area contributed by atoms with Gasteiger partial charge in [-0.05, 0) is 48.4 Å². The van der Waals surface area contributed by atoms with Gasteiger partial charge in [0.2, 0.25) is 0 Å². The number of nitrogens with two attached hydrogens (primary N) is 1. The number of rotatable bonds is 3. The van der Waals surface area contributed by atoms with Crippen LogP contribution in [0.2, 0.25) is 0 Å². The molecule has 1 atom stereocenters. The number of halogens is 1. The summed E-state index contributed by atoms with van der Waals surface area (Å²) < 4.78 is 15.8. The average Bonchev–Trinajstić information content (AvgIpc) is 2.81. The van der Waals surface area contributed by atoms with Crippen molar-refractivity contribution < 1.29 is 4.39 Å². The second-order valence-electron chi connectivity index (χ2n) is 4.40. The highest BCUT2D eigenvalue weighted by Crippen LogP contribution is 2.27. The van der Waals surface area contributed by atoms with Crippen LogP contribution in [0.1, 0.15) is 31.9 Å². The van der Waals surface area contributed by atoms with Crippen molar-refractivity contribution in [3.05, 3.63) is 23.5 Å². The molecule has 18 heavy (non-hydrogen) atoms. The van der Waals surface area contributed by atoms with E-state index >= 15 is 0 Å². The fraction of sp³-hybridized carbons (Fsp3) is 0.417. The van der Waals surface area contributed by atoms with Gasteiger partial charge in [0.1, 0.15) is 5.82 Å². The highest BCUT2D eigenvalue weighted by atomic mass is 19.1. The molecule has 0 aliphatic rings. The Hall–Kier alpha value is -1.98. The summed E-state index contributed by atoms with van der Waals surface area (Å²) in [7, 11) is 0. The third kappa shape index (κ3) is 2.05. The summed E-state index contributed by atoms with van der Waals surface area (Å²) in [6.45, 7) is 5.68. The normalized spacial score (nSPS) is 12.7. The first-order valence-corrected chi connectivity index (χ1v) is 5.88. The molecule has 2 aromatic rings. The van der Waals surface area contributed by atoms with Gasteiger partial charge >= 0.3 is 0 Å². The molecule has 6 heteroatoms. The third-order valence-electron chi connectivity index (χ3n) is 3.02. The Morgan fingerprint density at radius 3 is 2.83 bits per heavy atom. The summed E-state index contributed by atoms with van der Waals surface area (Å²) >= 11 is 0. The van der Waals surface area contributed by atoms with Crippen molar-refractivity contribution in [2.24, 2.45) is 0 Å². The lowest BCUT2D eigenvalue weighted by Gasteiger charge is -2.12. The SMILES string of the molecule is CCC(C)n1nnnc1-c1cc(N)cc(C)c1F. The fourth-order valence-electron chi connectivity index (χ4n) is 1.80. The minimum absolute atomic E-state index is 0.108. The number of hydrogen-bond acceptors (Lipinski definition) is 4. The molecule has 0 saturated carbocycles. The molecule has 5 nitrogen and oxygen atoms in total. The molecule has 0 aliphatic heterocycles. The Labute approximate surface area is 105 Å². The third-order valence-corrected chi connectivity index (χ3v) is 3.02. The van der Waals surface area contributed by atoms with Gasteiger partial charge in [-0.1, -0.05) is 6.92 Å². The van der Waals surface area contributed by atoms with E-state index in [1.54, 1.807) is 23.7 Å². The van der Waals surface area contributed by atoms with Crippen LogP contribution in [0.3, 0.4) is 0 Å². The minimum Gasteiger partial charge on any atom is -0.399 e. The first kappa shape index (κ1) is 12.5. The molecule has 0 amide bonds. The van der Waals surface area contributed by atoms with Gasteiger partial charge in [0.05, 0.1) is 11.6 Å².